The summed E-state index contributed by atoms with van der Waals surface area (Å²) in [5.41, 5.74) is 8.52. The van der Waals surface area contributed by atoms with Crippen LogP contribution in [0.3, 0.4) is 0 Å². The zero-order chi connectivity index (χ0) is 20.6. The summed E-state index contributed by atoms with van der Waals surface area (Å²) in [7, 11) is 5.94. The van der Waals surface area contributed by atoms with Gasteiger partial charge in [-0.05, 0) is 42.3 Å². The lowest BCUT2D eigenvalue weighted by Crippen LogP contribution is -2.30. The van der Waals surface area contributed by atoms with Gasteiger partial charge in [-0.2, -0.15) is 0 Å². The first-order chi connectivity index (χ1) is 13.3. The minimum atomic E-state index is -0.881. The van der Waals surface area contributed by atoms with Crippen LogP contribution in [-0.2, 0) is 4.79 Å². The molecule has 2 N–H and O–H groups in total. The maximum atomic E-state index is 12.9. The van der Waals surface area contributed by atoms with E-state index < -0.39 is 12.1 Å². The van der Waals surface area contributed by atoms with Gasteiger partial charge in [-0.15, -0.1) is 0 Å². The summed E-state index contributed by atoms with van der Waals surface area (Å²) in [6.07, 6.45) is 0. The number of nitrogens with zero attached hydrogens (tertiary/aromatic N) is 2. The van der Waals surface area contributed by atoms with Gasteiger partial charge in [0.2, 0.25) is 5.75 Å². The number of amides is 3. The number of urea groups is 1. The number of nitrogen functional groups attached to an aromatic ring is 1. The molecule has 1 aliphatic heterocycles. The van der Waals surface area contributed by atoms with Crippen molar-refractivity contribution in [2.45, 2.75) is 13.0 Å². The maximum absolute atomic E-state index is 12.9. The van der Waals surface area contributed by atoms with Crippen LogP contribution in [0.5, 0.6) is 17.2 Å². The van der Waals surface area contributed by atoms with Crippen molar-refractivity contribution in [3.05, 3.63) is 41.5 Å². The topological polar surface area (TPSA) is 94.3 Å². The Labute approximate surface area is 163 Å². The van der Waals surface area contributed by atoms with Crippen LogP contribution in [0.15, 0.2) is 30.3 Å². The smallest absolute Gasteiger partial charge is 0.332 e. The van der Waals surface area contributed by atoms with E-state index in [2.05, 4.69) is 0 Å². The predicted molar refractivity (Wildman–Crippen MR) is 105 cm³/mol. The summed E-state index contributed by atoms with van der Waals surface area (Å²) in [5.74, 6) is 0.841. The van der Waals surface area contributed by atoms with E-state index in [1.54, 1.807) is 24.3 Å². The summed E-state index contributed by atoms with van der Waals surface area (Å²) >= 11 is 0. The number of rotatable bonds is 5. The number of aryl methyl sites for hydroxylation is 1. The monoisotopic (exact) mass is 385 g/mol. The third-order valence-corrected chi connectivity index (χ3v) is 4.86. The van der Waals surface area contributed by atoms with E-state index >= 15 is 0 Å². The van der Waals surface area contributed by atoms with Gasteiger partial charge < -0.3 is 19.9 Å². The molecular weight excluding hydrogens is 362 g/mol. The number of likely N-dealkylation sites (N-methyl/N-ethyl adjacent to an activating group) is 1. The van der Waals surface area contributed by atoms with E-state index in [-0.39, 0.29) is 5.91 Å². The third-order valence-electron chi connectivity index (χ3n) is 4.86. The number of ether oxygens (including phenoxy) is 3. The molecule has 148 valence electrons. The lowest BCUT2D eigenvalue weighted by atomic mass is 10.0. The predicted octanol–water partition coefficient (Wildman–Crippen LogP) is 2.74. The lowest BCUT2D eigenvalue weighted by Gasteiger charge is -2.24. The van der Waals surface area contributed by atoms with Crippen LogP contribution in [0.25, 0.3) is 0 Å². The number of imide groups is 1. The number of methoxy groups -OCH3 is 3. The van der Waals surface area contributed by atoms with Crippen LogP contribution in [-0.4, -0.2) is 45.2 Å². The number of carbonyl (C=O) groups is 2. The fourth-order valence-corrected chi connectivity index (χ4v) is 3.25. The number of anilines is 2. The van der Waals surface area contributed by atoms with E-state index in [0.717, 1.165) is 10.5 Å². The molecule has 0 aliphatic carbocycles. The van der Waals surface area contributed by atoms with Crippen molar-refractivity contribution < 1.29 is 23.8 Å². The first-order valence-corrected chi connectivity index (χ1v) is 8.60. The molecule has 2 aromatic rings. The minimum Gasteiger partial charge on any atom is -0.493 e. The van der Waals surface area contributed by atoms with Crippen LogP contribution < -0.4 is 24.8 Å². The van der Waals surface area contributed by atoms with Gasteiger partial charge >= 0.3 is 6.03 Å². The molecule has 2 aromatic carbocycles. The molecule has 1 heterocycles. The number of hydrogen-bond donors (Lipinski definition) is 1. The Hall–Kier alpha value is -3.42. The molecule has 1 atom stereocenters. The van der Waals surface area contributed by atoms with E-state index in [1.807, 2.05) is 13.0 Å². The molecular formula is C20H23N3O5. The normalized spacial score (nSPS) is 16.5. The van der Waals surface area contributed by atoms with Gasteiger partial charge in [-0.3, -0.25) is 14.6 Å². The molecule has 8 nitrogen and oxygen atoms in total. The number of carbonyl (C=O) groups excluding carboxylic acids is 2. The number of hydrogen-bond acceptors (Lipinski definition) is 6. The Balaban J connectivity index is 2.18. The van der Waals surface area contributed by atoms with Gasteiger partial charge in [-0.1, -0.05) is 6.07 Å². The Morgan fingerprint density at radius 3 is 2.07 bits per heavy atom. The van der Waals surface area contributed by atoms with Gasteiger partial charge in [0.15, 0.2) is 11.5 Å². The molecule has 1 fully saturated rings. The second-order valence-electron chi connectivity index (χ2n) is 6.45. The summed E-state index contributed by atoms with van der Waals surface area (Å²) in [6.45, 7) is 1.87. The first kappa shape index (κ1) is 19.3. The van der Waals surface area contributed by atoms with Crippen molar-refractivity contribution in [1.29, 1.82) is 0 Å². The summed E-state index contributed by atoms with van der Waals surface area (Å²) in [4.78, 5) is 28.3. The van der Waals surface area contributed by atoms with Gasteiger partial charge in [0.05, 0.1) is 21.3 Å². The van der Waals surface area contributed by atoms with E-state index in [9.17, 15) is 9.59 Å². The highest BCUT2D eigenvalue weighted by atomic mass is 16.5. The molecule has 0 spiro atoms. The molecule has 1 unspecified atom stereocenters. The maximum Gasteiger partial charge on any atom is 0.332 e. The number of benzene rings is 2. The molecule has 28 heavy (non-hydrogen) atoms. The highest BCUT2D eigenvalue weighted by Crippen LogP contribution is 2.43. The molecule has 1 saturated heterocycles. The van der Waals surface area contributed by atoms with Gasteiger partial charge in [0, 0.05) is 18.4 Å². The van der Waals surface area contributed by atoms with Crippen molar-refractivity contribution in [2.75, 3.05) is 39.0 Å². The highest BCUT2D eigenvalue weighted by Gasteiger charge is 2.45. The Bertz CT molecular complexity index is 918. The first-order valence-electron chi connectivity index (χ1n) is 8.60. The largest absolute Gasteiger partial charge is 0.493 e. The van der Waals surface area contributed by atoms with Crippen molar-refractivity contribution >= 4 is 23.3 Å². The fourth-order valence-electron chi connectivity index (χ4n) is 3.25. The standard InChI is InChI=1S/C20H23N3O5/c1-11-6-7-13(10-14(11)21)23-17(19(24)22(2)20(23)25)12-8-15(26-3)18(28-5)16(9-12)27-4/h6-10,17H,21H2,1-5H3. The van der Waals surface area contributed by atoms with Gasteiger partial charge in [0.25, 0.3) is 5.91 Å². The Morgan fingerprint density at radius 1 is 0.964 bits per heavy atom. The average Bonchev–Trinajstić information content (AvgIpc) is 2.92. The van der Waals surface area contributed by atoms with Crippen LogP contribution in [0.1, 0.15) is 17.2 Å². The minimum absolute atomic E-state index is 0.363. The second kappa shape index (κ2) is 7.30. The van der Waals surface area contributed by atoms with E-state index in [4.69, 9.17) is 19.9 Å². The highest BCUT2D eigenvalue weighted by molar-refractivity contribution is 6.14. The van der Waals surface area contributed by atoms with Gasteiger partial charge in [0.1, 0.15) is 6.04 Å². The number of nitrogens with two attached hydrogens (primary N) is 1. The Morgan fingerprint density at radius 2 is 1.57 bits per heavy atom. The van der Waals surface area contributed by atoms with Crippen LogP contribution in [0, 0.1) is 6.92 Å². The average molecular weight is 385 g/mol. The van der Waals surface area contributed by atoms with Crippen molar-refractivity contribution in [2.24, 2.45) is 0 Å². The van der Waals surface area contributed by atoms with Crippen LogP contribution >= 0.6 is 0 Å². The lowest BCUT2D eigenvalue weighted by molar-refractivity contribution is -0.126. The van der Waals surface area contributed by atoms with E-state index in [1.165, 1.54) is 33.3 Å². The van der Waals surface area contributed by atoms with Crippen molar-refractivity contribution in [3.8, 4) is 17.2 Å². The fraction of sp³-hybridized carbons (Fsp3) is 0.300. The van der Waals surface area contributed by atoms with Gasteiger partial charge in [-0.25, -0.2) is 4.79 Å². The zero-order valence-corrected chi connectivity index (χ0v) is 16.5. The molecule has 0 aromatic heterocycles. The van der Waals surface area contributed by atoms with Crippen molar-refractivity contribution in [1.82, 2.24) is 4.90 Å². The second-order valence-corrected chi connectivity index (χ2v) is 6.45. The van der Waals surface area contributed by atoms with Crippen molar-refractivity contribution in [3.63, 3.8) is 0 Å². The zero-order valence-electron chi connectivity index (χ0n) is 16.5. The summed E-state index contributed by atoms with van der Waals surface area (Å²) in [6, 6.07) is 7.28. The molecule has 0 bridgehead atoms. The Kier molecular flexibility index (Phi) is 5.04. The summed E-state index contributed by atoms with van der Waals surface area (Å²) < 4.78 is 16.1. The molecule has 0 radical (unpaired) electrons. The molecule has 0 saturated carbocycles. The van der Waals surface area contributed by atoms with Crippen LogP contribution in [0.4, 0.5) is 16.2 Å². The van der Waals surface area contributed by atoms with Crippen LogP contribution in [0.2, 0.25) is 0 Å². The molecule has 8 heteroatoms. The molecule has 3 rings (SSSR count). The quantitative estimate of drug-likeness (QED) is 0.628. The summed E-state index contributed by atoms with van der Waals surface area (Å²) in [5, 5.41) is 0. The third kappa shape index (κ3) is 2.96. The van der Waals surface area contributed by atoms with E-state index in [0.29, 0.717) is 34.2 Å². The molecule has 1 aliphatic rings. The SMILES string of the molecule is COc1cc(C2C(=O)N(C)C(=O)N2c2ccc(C)c(N)c2)cc(OC)c1OC. The molecule has 3 amide bonds.